The molecule has 0 saturated carbocycles. The van der Waals surface area contributed by atoms with Gasteiger partial charge in [-0.3, -0.25) is 15.0 Å². The Labute approximate surface area is 130 Å². The molecule has 114 valence electrons. The Morgan fingerprint density at radius 3 is 2.82 bits per heavy atom. The van der Waals surface area contributed by atoms with E-state index in [-0.39, 0.29) is 12.5 Å². The molecule has 1 saturated heterocycles. The minimum Gasteiger partial charge on any atom is -0.448 e. The van der Waals surface area contributed by atoms with Crippen molar-refractivity contribution in [2.75, 3.05) is 25.0 Å². The van der Waals surface area contributed by atoms with E-state index >= 15 is 0 Å². The fourth-order valence-electron chi connectivity index (χ4n) is 1.99. The maximum Gasteiger partial charge on any atom is 0.410 e. The summed E-state index contributed by atoms with van der Waals surface area (Å²) in [5.41, 5.74) is 2.12. The van der Waals surface area contributed by atoms with Crippen molar-refractivity contribution in [2.24, 2.45) is 0 Å². The van der Waals surface area contributed by atoms with Crippen molar-refractivity contribution in [3.63, 3.8) is 0 Å². The first-order valence-corrected chi connectivity index (χ1v) is 7.55. The molecule has 1 fully saturated rings. The number of nitrogens with zero attached hydrogens (tertiary/aromatic N) is 3. The monoisotopic (exact) mass is 318 g/mol. The second-order valence-corrected chi connectivity index (χ2v) is 5.84. The average Bonchev–Trinajstić information content (AvgIpc) is 3.10. The van der Waals surface area contributed by atoms with Crippen molar-refractivity contribution in [2.45, 2.75) is 6.92 Å². The number of rotatable bonds is 4. The van der Waals surface area contributed by atoms with Gasteiger partial charge in [-0.2, -0.15) is 0 Å². The lowest BCUT2D eigenvalue weighted by Crippen LogP contribution is -2.33. The van der Waals surface area contributed by atoms with Crippen molar-refractivity contribution in [1.82, 2.24) is 15.1 Å². The van der Waals surface area contributed by atoms with Crippen LogP contribution in [0.4, 0.5) is 9.93 Å². The van der Waals surface area contributed by atoms with Gasteiger partial charge in [0.2, 0.25) is 11.0 Å². The fourth-order valence-corrected chi connectivity index (χ4v) is 2.75. The maximum atomic E-state index is 11.9. The number of carbonyl (C=O) groups is 2. The van der Waals surface area contributed by atoms with E-state index in [1.54, 1.807) is 0 Å². The number of ether oxygens (including phenoxy) is 1. The number of benzene rings is 1. The summed E-state index contributed by atoms with van der Waals surface area (Å²) < 4.78 is 4.77. The first-order chi connectivity index (χ1) is 10.6. The molecule has 3 rings (SSSR count). The molecule has 8 heteroatoms. The van der Waals surface area contributed by atoms with Crippen molar-refractivity contribution in [3.8, 4) is 10.6 Å². The largest absolute Gasteiger partial charge is 0.448 e. The van der Waals surface area contributed by atoms with E-state index in [2.05, 4.69) is 15.5 Å². The molecule has 7 nitrogen and oxygen atoms in total. The van der Waals surface area contributed by atoms with E-state index in [4.69, 9.17) is 4.74 Å². The molecule has 2 aromatic rings. The van der Waals surface area contributed by atoms with Crippen LogP contribution in [-0.4, -0.2) is 46.8 Å². The molecule has 0 atom stereocenters. The lowest BCUT2D eigenvalue weighted by atomic mass is 10.2. The quantitative estimate of drug-likeness (QED) is 0.931. The second kappa shape index (κ2) is 6.10. The Morgan fingerprint density at radius 2 is 2.14 bits per heavy atom. The van der Waals surface area contributed by atoms with Crippen LogP contribution in [0.15, 0.2) is 24.3 Å². The maximum absolute atomic E-state index is 11.9. The number of aromatic nitrogens is 2. The molecule has 0 aliphatic carbocycles. The molecule has 2 amide bonds. The predicted octanol–water partition coefficient (Wildman–Crippen LogP) is 1.90. The summed E-state index contributed by atoms with van der Waals surface area (Å²) in [6.07, 6.45) is -0.465. The summed E-state index contributed by atoms with van der Waals surface area (Å²) in [4.78, 5) is 24.5. The summed E-state index contributed by atoms with van der Waals surface area (Å²) in [5, 5.41) is 11.8. The van der Waals surface area contributed by atoms with E-state index in [1.807, 2.05) is 31.2 Å². The lowest BCUT2D eigenvalue weighted by molar-refractivity contribution is -0.116. The van der Waals surface area contributed by atoms with Crippen LogP contribution in [0.1, 0.15) is 5.56 Å². The van der Waals surface area contributed by atoms with Crippen molar-refractivity contribution < 1.29 is 14.3 Å². The zero-order valence-corrected chi connectivity index (χ0v) is 12.7. The van der Waals surface area contributed by atoms with Gasteiger partial charge in [0, 0.05) is 5.56 Å². The van der Waals surface area contributed by atoms with Crippen molar-refractivity contribution in [3.05, 3.63) is 29.8 Å². The highest BCUT2D eigenvalue weighted by atomic mass is 32.1. The summed E-state index contributed by atoms with van der Waals surface area (Å²) in [6, 6.07) is 7.91. The van der Waals surface area contributed by atoms with Crippen LogP contribution in [-0.2, 0) is 9.53 Å². The third-order valence-electron chi connectivity index (χ3n) is 3.15. The molecule has 1 aliphatic rings. The van der Waals surface area contributed by atoms with E-state index in [9.17, 15) is 9.59 Å². The summed E-state index contributed by atoms with van der Waals surface area (Å²) in [7, 11) is 0. The highest BCUT2D eigenvalue weighted by Crippen LogP contribution is 2.26. The molecule has 1 N–H and O–H groups in total. The summed E-state index contributed by atoms with van der Waals surface area (Å²) in [6.45, 7) is 2.72. The third-order valence-corrected chi connectivity index (χ3v) is 4.04. The Bertz CT molecular complexity index is 698. The van der Waals surface area contributed by atoms with Gasteiger partial charge in [-0.1, -0.05) is 41.2 Å². The number of hydrogen-bond donors (Lipinski definition) is 1. The number of carbonyl (C=O) groups excluding carboxylic acids is 2. The number of amides is 2. The Morgan fingerprint density at radius 1 is 1.36 bits per heavy atom. The molecule has 22 heavy (non-hydrogen) atoms. The van der Waals surface area contributed by atoms with Gasteiger partial charge >= 0.3 is 6.09 Å². The van der Waals surface area contributed by atoms with Crippen molar-refractivity contribution >= 4 is 28.5 Å². The molecule has 1 aromatic heterocycles. The van der Waals surface area contributed by atoms with Crippen LogP contribution in [0.25, 0.3) is 10.6 Å². The van der Waals surface area contributed by atoms with E-state index in [1.165, 1.54) is 21.8 Å². The van der Waals surface area contributed by atoms with Gasteiger partial charge in [0.25, 0.3) is 0 Å². The number of cyclic esters (lactones) is 1. The van der Waals surface area contributed by atoms with Gasteiger partial charge in [0.15, 0.2) is 0 Å². The third kappa shape index (κ3) is 3.22. The molecular formula is C14H14N4O3S. The Balaban J connectivity index is 1.62. The first kappa shape index (κ1) is 14.5. The SMILES string of the molecule is Cc1ccc(-c2nnc(NC(=O)CN3CCOC3=O)s2)cc1. The molecular weight excluding hydrogens is 304 g/mol. The Hall–Kier alpha value is -2.48. The standard InChI is InChI=1S/C14H14N4O3S/c1-9-2-4-10(5-3-9)12-16-17-13(22-12)15-11(19)8-18-6-7-21-14(18)20/h2-5H,6-8H2,1H3,(H,15,17,19). The smallest absolute Gasteiger partial charge is 0.410 e. The van der Waals surface area contributed by atoms with Gasteiger partial charge < -0.3 is 4.74 Å². The number of aryl methyl sites for hydroxylation is 1. The molecule has 0 radical (unpaired) electrons. The van der Waals surface area contributed by atoms with Crippen molar-refractivity contribution in [1.29, 1.82) is 0 Å². The topological polar surface area (TPSA) is 84.4 Å². The minimum absolute atomic E-state index is 0.0434. The fraction of sp³-hybridized carbons (Fsp3) is 0.286. The zero-order chi connectivity index (χ0) is 15.5. The molecule has 1 aliphatic heterocycles. The molecule has 1 aromatic carbocycles. The summed E-state index contributed by atoms with van der Waals surface area (Å²) >= 11 is 1.29. The highest BCUT2D eigenvalue weighted by molar-refractivity contribution is 7.18. The van der Waals surface area contributed by atoms with Gasteiger partial charge in [0.05, 0.1) is 6.54 Å². The van der Waals surface area contributed by atoms with E-state index < -0.39 is 6.09 Å². The highest BCUT2D eigenvalue weighted by Gasteiger charge is 2.24. The van der Waals surface area contributed by atoms with Crippen LogP contribution in [0.5, 0.6) is 0 Å². The van der Waals surface area contributed by atoms with Crippen LogP contribution >= 0.6 is 11.3 Å². The van der Waals surface area contributed by atoms with Crippen LogP contribution in [0, 0.1) is 6.92 Å². The molecule has 0 spiro atoms. The molecule has 0 bridgehead atoms. The lowest BCUT2D eigenvalue weighted by Gasteiger charge is -2.10. The molecule has 2 heterocycles. The number of nitrogens with one attached hydrogen (secondary N) is 1. The normalized spacial score (nSPS) is 14.0. The summed E-state index contributed by atoms with van der Waals surface area (Å²) in [5.74, 6) is -0.314. The first-order valence-electron chi connectivity index (χ1n) is 6.74. The van der Waals surface area contributed by atoms with E-state index in [0.717, 1.165) is 10.6 Å². The number of anilines is 1. The predicted molar refractivity (Wildman–Crippen MR) is 81.6 cm³/mol. The zero-order valence-electron chi connectivity index (χ0n) is 11.9. The van der Waals surface area contributed by atoms with Gasteiger partial charge in [0.1, 0.15) is 18.2 Å². The average molecular weight is 318 g/mol. The second-order valence-electron chi connectivity index (χ2n) is 4.86. The van der Waals surface area contributed by atoms with E-state index in [0.29, 0.717) is 18.3 Å². The van der Waals surface area contributed by atoms with Gasteiger partial charge in [-0.05, 0) is 6.92 Å². The van der Waals surface area contributed by atoms with Gasteiger partial charge in [-0.15, -0.1) is 10.2 Å². The minimum atomic E-state index is -0.465. The molecule has 0 unspecified atom stereocenters. The van der Waals surface area contributed by atoms with Gasteiger partial charge in [-0.25, -0.2) is 4.79 Å². The van der Waals surface area contributed by atoms with Crippen LogP contribution < -0.4 is 5.32 Å². The van der Waals surface area contributed by atoms with Crippen LogP contribution in [0.3, 0.4) is 0 Å². The number of hydrogen-bond acceptors (Lipinski definition) is 6. The Kier molecular flexibility index (Phi) is 4.01. The van der Waals surface area contributed by atoms with Crippen LogP contribution in [0.2, 0.25) is 0 Å².